The lowest BCUT2D eigenvalue weighted by Gasteiger charge is -2.32. The highest BCUT2D eigenvalue weighted by atomic mass is 16.5. The summed E-state index contributed by atoms with van der Waals surface area (Å²) in [6.07, 6.45) is 8.94. The maximum Gasteiger partial charge on any atom is 0.0693 e. The third-order valence-corrected chi connectivity index (χ3v) is 4.81. The van der Waals surface area contributed by atoms with E-state index in [0.29, 0.717) is 12.0 Å². The number of nitriles is 1. The van der Waals surface area contributed by atoms with Crippen molar-refractivity contribution in [1.82, 2.24) is 0 Å². The molecule has 2 heteroatoms. The first-order valence-corrected chi connectivity index (χ1v) is 6.35. The number of rotatable bonds is 2. The van der Waals surface area contributed by atoms with Crippen LogP contribution in [0.1, 0.15) is 44.9 Å². The lowest BCUT2D eigenvalue weighted by Crippen LogP contribution is -2.30. The Morgan fingerprint density at radius 3 is 2.80 bits per heavy atom. The predicted octanol–water partition coefficient (Wildman–Crippen LogP) is 2.89. The summed E-state index contributed by atoms with van der Waals surface area (Å²) in [7, 11) is 0. The van der Waals surface area contributed by atoms with E-state index < -0.39 is 0 Å². The first-order chi connectivity index (χ1) is 7.32. The number of hydrogen-bond acceptors (Lipinski definition) is 2. The molecule has 0 aromatic rings. The summed E-state index contributed by atoms with van der Waals surface area (Å²) in [6.45, 7) is 0.917. The van der Waals surface area contributed by atoms with E-state index in [2.05, 4.69) is 6.07 Å². The first-order valence-electron chi connectivity index (χ1n) is 6.35. The summed E-state index contributed by atoms with van der Waals surface area (Å²) >= 11 is 0. The minimum Gasteiger partial charge on any atom is -0.378 e. The van der Waals surface area contributed by atoms with Gasteiger partial charge >= 0.3 is 0 Å². The lowest BCUT2D eigenvalue weighted by molar-refractivity contribution is 0.0591. The third-order valence-electron chi connectivity index (χ3n) is 4.81. The first kappa shape index (κ1) is 9.66. The zero-order valence-electron chi connectivity index (χ0n) is 9.24. The molecule has 3 rings (SSSR count). The van der Waals surface area contributed by atoms with Gasteiger partial charge in [0.25, 0.3) is 0 Å². The van der Waals surface area contributed by atoms with Crippen LogP contribution in [0, 0.1) is 28.6 Å². The van der Waals surface area contributed by atoms with Gasteiger partial charge in [-0.1, -0.05) is 6.42 Å². The van der Waals surface area contributed by atoms with Gasteiger partial charge in [-0.25, -0.2) is 0 Å². The van der Waals surface area contributed by atoms with Crippen molar-refractivity contribution in [2.75, 3.05) is 6.61 Å². The summed E-state index contributed by atoms with van der Waals surface area (Å²) in [5.41, 5.74) is -0.00206. The van der Waals surface area contributed by atoms with Crippen molar-refractivity contribution in [1.29, 1.82) is 5.26 Å². The highest BCUT2D eigenvalue weighted by Gasteiger charge is 2.52. The quantitative estimate of drug-likeness (QED) is 0.694. The maximum absolute atomic E-state index is 9.49. The zero-order chi connectivity index (χ0) is 10.3. The highest BCUT2D eigenvalue weighted by Crippen LogP contribution is 2.58. The van der Waals surface area contributed by atoms with E-state index >= 15 is 0 Å². The van der Waals surface area contributed by atoms with Crippen LogP contribution >= 0.6 is 0 Å². The van der Waals surface area contributed by atoms with Crippen LogP contribution in [0.15, 0.2) is 0 Å². The van der Waals surface area contributed by atoms with E-state index in [4.69, 9.17) is 4.74 Å². The van der Waals surface area contributed by atoms with Gasteiger partial charge in [-0.3, -0.25) is 0 Å². The Morgan fingerprint density at radius 2 is 2.27 bits per heavy atom. The van der Waals surface area contributed by atoms with E-state index in [1.165, 1.54) is 32.1 Å². The standard InChI is InChI=1S/C13H19NO/c14-9-13(8-12-2-1-5-15-12)7-10-3-4-11(13)6-10/h10-12H,1-8H2. The number of ether oxygens (including phenoxy) is 1. The molecule has 2 bridgehead atoms. The van der Waals surface area contributed by atoms with Crippen molar-refractivity contribution in [3.05, 3.63) is 0 Å². The van der Waals surface area contributed by atoms with Gasteiger partial charge in [0.05, 0.1) is 17.6 Å². The van der Waals surface area contributed by atoms with Crippen LogP contribution in [-0.2, 0) is 4.74 Å². The second kappa shape index (κ2) is 3.49. The molecule has 1 saturated heterocycles. The molecule has 0 aromatic carbocycles. The largest absolute Gasteiger partial charge is 0.378 e. The maximum atomic E-state index is 9.49. The lowest BCUT2D eigenvalue weighted by atomic mass is 9.70. The molecule has 2 nitrogen and oxygen atoms in total. The topological polar surface area (TPSA) is 33.0 Å². The van der Waals surface area contributed by atoms with Crippen molar-refractivity contribution in [2.45, 2.75) is 51.0 Å². The summed E-state index contributed by atoms with van der Waals surface area (Å²) in [5, 5.41) is 9.49. The van der Waals surface area contributed by atoms with Crippen LogP contribution in [-0.4, -0.2) is 12.7 Å². The van der Waals surface area contributed by atoms with E-state index in [0.717, 1.165) is 25.4 Å². The van der Waals surface area contributed by atoms with Gasteiger partial charge in [0.1, 0.15) is 0 Å². The van der Waals surface area contributed by atoms with Gasteiger partial charge in [-0.15, -0.1) is 0 Å². The van der Waals surface area contributed by atoms with E-state index in [9.17, 15) is 5.26 Å². The van der Waals surface area contributed by atoms with Crippen LogP contribution in [0.4, 0.5) is 0 Å². The van der Waals surface area contributed by atoms with Gasteiger partial charge < -0.3 is 4.74 Å². The molecule has 0 radical (unpaired) electrons. The molecule has 2 saturated carbocycles. The Morgan fingerprint density at radius 1 is 1.33 bits per heavy atom. The van der Waals surface area contributed by atoms with Gasteiger partial charge in [-0.2, -0.15) is 5.26 Å². The van der Waals surface area contributed by atoms with E-state index in [-0.39, 0.29) is 5.41 Å². The Bertz CT molecular complexity index is 289. The minimum atomic E-state index is -0.00206. The minimum absolute atomic E-state index is 0.00206. The normalized spacial score (nSPS) is 48.3. The van der Waals surface area contributed by atoms with E-state index in [1.54, 1.807) is 0 Å². The molecular weight excluding hydrogens is 186 g/mol. The molecule has 15 heavy (non-hydrogen) atoms. The molecule has 0 spiro atoms. The molecule has 3 aliphatic rings. The van der Waals surface area contributed by atoms with Gasteiger partial charge in [0.2, 0.25) is 0 Å². The number of hydrogen-bond donors (Lipinski definition) is 0. The number of fused-ring (bicyclic) bond motifs is 2. The SMILES string of the molecule is N#CC1(CC2CCCO2)CC2CCC1C2. The molecule has 0 amide bonds. The summed E-state index contributed by atoms with van der Waals surface area (Å²) in [6, 6.07) is 2.66. The molecule has 82 valence electrons. The Labute approximate surface area is 91.6 Å². The second-order valence-corrected chi connectivity index (χ2v) is 5.69. The highest BCUT2D eigenvalue weighted by molar-refractivity contribution is 5.12. The molecule has 3 fully saturated rings. The van der Waals surface area contributed by atoms with Gasteiger partial charge in [-0.05, 0) is 50.4 Å². The predicted molar refractivity (Wildman–Crippen MR) is 57.1 cm³/mol. The van der Waals surface area contributed by atoms with Crippen molar-refractivity contribution in [3.63, 3.8) is 0 Å². The smallest absolute Gasteiger partial charge is 0.0693 e. The van der Waals surface area contributed by atoms with Crippen molar-refractivity contribution in [2.24, 2.45) is 17.3 Å². The van der Waals surface area contributed by atoms with Crippen molar-refractivity contribution in [3.8, 4) is 6.07 Å². The molecule has 0 N–H and O–H groups in total. The van der Waals surface area contributed by atoms with Crippen molar-refractivity contribution < 1.29 is 4.74 Å². The average Bonchev–Trinajstić information content (AvgIpc) is 2.93. The molecule has 1 heterocycles. The molecule has 4 atom stereocenters. The fourth-order valence-corrected chi connectivity index (χ4v) is 4.09. The van der Waals surface area contributed by atoms with Crippen LogP contribution in [0.25, 0.3) is 0 Å². The summed E-state index contributed by atoms with van der Waals surface area (Å²) < 4.78 is 5.70. The summed E-state index contributed by atoms with van der Waals surface area (Å²) in [4.78, 5) is 0. The van der Waals surface area contributed by atoms with Crippen LogP contribution < -0.4 is 0 Å². The van der Waals surface area contributed by atoms with Crippen LogP contribution in [0.5, 0.6) is 0 Å². The Balaban J connectivity index is 1.73. The van der Waals surface area contributed by atoms with Crippen LogP contribution in [0.2, 0.25) is 0 Å². The fourth-order valence-electron chi connectivity index (χ4n) is 4.09. The molecule has 1 aliphatic heterocycles. The van der Waals surface area contributed by atoms with Gasteiger partial charge in [0.15, 0.2) is 0 Å². The third kappa shape index (κ3) is 1.49. The molecule has 2 aliphatic carbocycles. The molecule has 0 aromatic heterocycles. The molecular formula is C13H19NO. The van der Waals surface area contributed by atoms with Gasteiger partial charge in [0, 0.05) is 6.61 Å². The van der Waals surface area contributed by atoms with Crippen molar-refractivity contribution >= 4 is 0 Å². The zero-order valence-corrected chi connectivity index (χ0v) is 9.24. The van der Waals surface area contributed by atoms with E-state index in [1.807, 2.05) is 0 Å². The summed E-state index contributed by atoms with van der Waals surface area (Å²) in [5.74, 6) is 1.55. The average molecular weight is 205 g/mol. The monoisotopic (exact) mass is 205 g/mol. The van der Waals surface area contributed by atoms with Crippen LogP contribution in [0.3, 0.4) is 0 Å². The number of nitrogens with zero attached hydrogens (tertiary/aromatic N) is 1. The fraction of sp³-hybridized carbons (Fsp3) is 0.923. The molecule has 4 unspecified atom stereocenters. The Kier molecular flexibility index (Phi) is 2.25. The Hall–Kier alpha value is -0.550. The second-order valence-electron chi connectivity index (χ2n) is 5.69.